The van der Waals surface area contributed by atoms with E-state index in [4.69, 9.17) is 0 Å². The van der Waals surface area contributed by atoms with Crippen LogP contribution in [0.5, 0.6) is 0 Å². The van der Waals surface area contributed by atoms with Crippen LogP contribution in [0.3, 0.4) is 0 Å². The summed E-state index contributed by atoms with van der Waals surface area (Å²) in [6, 6.07) is 12.7. The number of hydrogen-bond donors (Lipinski definition) is 0. The predicted molar refractivity (Wildman–Crippen MR) is 93.3 cm³/mol. The van der Waals surface area contributed by atoms with Gasteiger partial charge in [-0.1, -0.05) is 30.3 Å². The van der Waals surface area contributed by atoms with Crippen LogP contribution in [-0.2, 0) is 26.1 Å². The smallest absolute Gasteiger partial charge is 0.165 e. The average molecular weight is 324 g/mol. The van der Waals surface area contributed by atoms with Gasteiger partial charge in [0.25, 0.3) is 0 Å². The Morgan fingerprint density at radius 2 is 2.00 bits per heavy atom. The molecule has 0 aliphatic carbocycles. The summed E-state index contributed by atoms with van der Waals surface area (Å²) in [6.45, 7) is 2.76. The molecular formula is C18H20N4S. The number of hydrogen-bond acceptors (Lipinski definition) is 4. The minimum Gasteiger partial charge on any atom is -0.310 e. The Morgan fingerprint density at radius 3 is 2.87 bits per heavy atom. The predicted octanol–water partition coefficient (Wildman–Crippen LogP) is 3.58. The van der Waals surface area contributed by atoms with Crippen molar-refractivity contribution in [3.8, 4) is 11.4 Å². The van der Waals surface area contributed by atoms with E-state index in [1.165, 1.54) is 16.0 Å². The maximum Gasteiger partial charge on any atom is 0.165 e. The first kappa shape index (κ1) is 14.6. The maximum absolute atomic E-state index is 4.48. The van der Waals surface area contributed by atoms with Crippen molar-refractivity contribution in [1.29, 1.82) is 0 Å². The summed E-state index contributed by atoms with van der Waals surface area (Å²) in [6.07, 6.45) is 2.31. The van der Waals surface area contributed by atoms with Gasteiger partial charge in [0.05, 0.1) is 6.54 Å². The van der Waals surface area contributed by atoms with Crippen molar-refractivity contribution in [3.63, 3.8) is 0 Å². The number of rotatable bonds is 4. The first-order valence-electron chi connectivity index (χ1n) is 8.02. The van der Waals surface area contributed by atoms with Crippen molar-refractivity contribution in [2.24, 2.45) is 0 Å². The SMILES string of the molecule is CN(Cc1ccccc1)Cc1nnc2n1CCCc1sccc1-2. The topological polar surface area (TPSA) is 34.0 Å². The van der Waals surface area contributed by atoms with Crippen molar-refractivity contribution in [3.05, 3.63) is 58.0 Å². The zero-order valence-corrected chi connectivity index (χ0v) is 14.1. The van der Waals surface area contributed by atoms with Crippen LogP contribution in [0, 0.1) is 0 Å². The highest BCUT2D eigenvalue weighted by Gasteiger charge is 2.21. The Balaban J connectivity index is 1.55. The molecule has 2 aromatic heterocycles. The zero-order valence-electron chi connectivity index (χ0n) is 13.3. The molecule has 0 unspecified atom stereocenters. The van der Waals surface area contributed by atoms with E-state index >= 15 is 0 Å². The fraction of sp³-hybridized carbons (Fsp3) is 0.333. The number of fused-ring (bicyclic) bond motifs is 3. The van der Waals surface area contributed by atoms with Gasteiger partial charge in [-0.25, -0.2) is 0 Å². The lowest BCUT2D eigenvalue weighted by atomic mass is 10.2. The lowest BCUT2D eigenvalue weighted by molar-refractivity contribution is 0.304. The number of nitrogens with zero attached hydrogens (tertiary/aromatic N) is 4. The van der Waals surface area contributed by atoms with Crippen LogP contribution in [0.2, 0.25) is 0 Å². The molecule has 118 valence electrons. The largest absolute Gasteiger partial charge is 0.310 e. The molecular weight excluding hydrogens is 304 g/mol. The van der Waals surface area contributed by atoms with E-state index in [0.29, 0.717) is 0 Å². The van der Waals surface area contributed by atoms with Gasteiger partial charge in [-0.2, -0.15) is 0 Å². The van der Waals surface area contributed by atoms with Crippen molar-refractivity contribution < 1.29 is 0 Å². The standard InChI is InChI=1S/C18H20N4S/c1-21(12-14-6-3-2-4-7-14)13-17-19-20-18-15-9-11-23-16(15)8-5-10-22(17)18/h2-4,6-7,9,11H,5,8,10,12-13H2,1H3. The number of benzene rings is 1. The van der Waals surface area contributed by atoms with Gasteiger partial charge < -0.3 is 4.57 Å². The number of aromatic nitrogens is 3. The average Bonchev–Trinajstić information content (AvgIpc) is 3.12. The molecule has 4 rings (SSSR count). The van der Waals surface area contributed by atoms with Gasteiger partial charge in [0.1, 0.15) is 5.82 Å². The van der Waals surface area contributed by atoms with E-state index < -0.39 is 0 Å². The summed E-state index contributed by atoms with van der Waals surface area (Å²) < 4.78 is 2.31. The molecule has 1 aromatic carbocycles. The third kappa shape index (κ3) is 2.94. The Kier molecular flexibility index (Phi) is 3.97. The summed E-state index contributed by atoms with van der Waals surface area (Å²) in [5.41, 5.74) is 2.60. The molecule has 0 fully saturated rings. The summed E-state index contributed by atoms with van der Waals surface area (Å²) >= 11 is 1.84. The monoisotopic (exact) mass is 324 g/mol. The molecule has 0 N–H and O–H groups in total. The van der Waals surface area contributed by atoms with Crippen LogP contribution in [0.4, 0.5) is 0 Å². The van der Waals surface area contributed by atoms with Crippen LogP contribution in [-0.4, -0.2) is 26.7 Å². The fourth-order valence-corrected chi connectivity index (χ4v) is 4.13. The lowest BCUT2D eigenvalue weighted by Crippen LogP contribution is -2.20. The molecule has 23 heavy (non-hydrogen) atoms. The second-order valence-electron chi connectivity index (χ2n) is 6.11. The zero-order chi connectivity index (χ0) is 15.6. The Labute approximate surface area is 140 Å². The molecule has 3 heterocycles. The molecule has 0 saturated carbocycles. The molecule has 4 nitrogen and oxygen atoms in total. The quantitative estimate of drug-likeness (QED) is 0.735. The van der Waals surface area contributed by atoms with Crippen LogP contribution in [0.25, 0.3) is 11.4 Å². The van der Waals surface area contributed by atoms with E-state index in [9.17, 15) is 0 Å². The molecule has 0 bridgehead atoms. The minimum atomic E-state index is 0.821. The van der Waals surface area contributed by atoms with Gasteiger partial charge >= 0.3 is 0 Å². The highest BCUT2D eigenvalue weighted by atomic mass is 32.1. The Hall–Kier alpha value is -1.98. The molecule has 1 aliphatic rings. The number of aryl methyl sites for hydroxylation is 1. The summed E-state index contributed by atoms with van der Waals surface area (Å²) in [5, 5.41) is 11.1. The van der Waals surface area contributed by atoms with E-state index in [1.807, 2.05) is 11.3 Å². The summed E-state index contributed by atoms with van der Waals surface area (Å²) in [5.74, 6) is 2.11. The van der Waals surface area contributed by atoms with Crippen molar-refractivity contribution >= 4 is 11.3 Å². The van der Waals surface area contributed by atoms with Gasteiger partial charge in [-0.3, -0.25) is 4.90 Å². The highest BCUT2D eigenvalue weighted by Crippen LogP contribution is 2.31. The molecule has 1 aliphatic heterocycles. The highest BCUT2D eigenvalue weighted by molar-refractivity contribution is 7.10. The Bertz CT molecular complexity index is 790. The normalized spacial score (nSPS) is 13.7. The second kappa shape index (κ2) is 6.26. The van der Waals surface area contributed by atoms with Crippen molar-refractivity contribution in [2.75, 3.05) is 7.05 Å². The summed E-state index contributed by atoms with van der Waals surface area (Å²) in [7, 11) is 2.14. The van der Waals surface area contributed by atoms with Gasteiger partial charge in [0.15, 0.2) is 5.82 Å². The van der Waals surface area contributed by atoms with Crippen LogP contribution in [0.15, 0.2) is 41.8 Å². The van der Waals surface area contributed by atoms with Crippen LogP contribution >= 0.6 is 11.3 Å². The lowest BCUT2D eigenvalue weighted by Gasteiger charge is -2.17. The third-order valence-electron chi connectivity index (χ3n) is 4.31. The van der Waals surface area contributed by atoms with E-state index in [2.05, 4.69) is 68.5 Å². The Morgan fingerprint density at radius 1 is 1.13 bits per heavy atom. The summed E-state index contributed by atoms with van der Waals surface area (Å²) in [4.78, 5) is 3.74. The van der Waals surface area contributed by atoms with E-state index in [-0.39, 0.29) is 0 Å². The van der Waals surface area contributed by atoms with E-state index in [0.717, 1.165) is 44.1 Å². The van der Waals surface area contributed by atoms with Crippen LogP contribution < -0.4 is 0 Å². The molecule has 0 atom stereocenters. The van der Waals surface area contributed by atoms with E-state index in [1.54, 1.807) is 0 Å². The molecule has 3 aromatic rings. The molecule has 0 spiro atoms. The second-order valence-corrected chi connectivity index (χ2v) is 7.11. The van der Waals surface area contributed by atoms with Crippen molar-refractivity contribution in [1.82, 2.24) is 19.7 Å². The molecule has 0 amide bonds. The molecule has 5 heteroatoms. The first-order chi connectivity index (χ1) is 11.3. The van der Waals surface area contributed by atoms with Gasteiger partial charge in [0.2, 0.25) is 0 Å². The van der Waals surface area contributed by atoms with Gasteiger partial charge in [-0.05, 0) is 36.9 Å². The number of thiophene rings is 1. The molecule has 0 radical (unpaired) electrons. The maximum atomic E-state index is 4.48. The van der Waals surface area contributed by atoms with Gasteiger partial charge in [0, 0.05) is 23.5 Å². The van der Waals surface area contributed by atoms with Crippen molar-refractivity contribution in [2.45, 2.75) is 32.5 Å². The van der Waals surface area contributed by atoms with Crippen LogP contribution in [0.1, 0.15) is 22.7 Å². The third-order valence-corrected chi connectivity index (χ3v) is 5.29. The first-order valence-corrected chi connectivity index (χ1v) is 8.90. The van der Waals surface area contributed by atoms with Gasteiger partial charge in [-0.15, -0.1) is 21.5 Å². The molecule has 0 saturated heterocycles. The minimum absolute atomic E-state index is 0.821. The fourth-order valence-electron chi connectivity index (χ4n) is 3.21.